The Balaban J connectivity index is 1.77. The van der Waals surface area contributed by atoms with Gasteiger partial charge in [-0.3, -0.25) is 9.78 Å². The number of hydrogen-bond acceptors (Lipinski definition) is 4. The Hall–Kier alpha value is -1.46. The summed E-state index contributed by atoms with van der Waals surface area (Å²) in [6.07, 6.45) is 3.69. The van der Waals surface area contributed by atoms with E-state index in [1.807, 2.05) is 18.2 Å². The number of hydrogen-bond donors (Lipinski definition) is 1. The zero-order chi connectivity index (χ0) is 13.5. The van der Waals surface area contributed by atoms with Crippen molar-refractivity contribution >= 4 is 5.91 Å². The summed E-state index contributed by atoms with van der Waals surface area (Å²) < 4.78 is 10.7. The predicted octanol–water partition coefficient (Wildman–Crippen LogP) is 0.934. The predicted molar refractivity (Wildman–Crippen MR) is 70.7 cm³/mol. The summed E-state index contributed by atoms with van der Waals surface area (Å²) in [5.41, 5.74) is 0.931. The first-order chi connectivity index (χ1) is 9.29. The van der Waals surface area contributed by atoms with E-state index in [0.717, 1.165) is 12.1 Å². The van der Waals surface area contributed by atoms with Crippen LogP contribution in [-0.2, 0) is 20.7 Å². The highest BCUT2D eigenvalue weighted by Crippen LogP contribution is 2.11. The number of pyridine rings is 1. The van der Waals surface area contributed by atoms with Gasteiger partial charge in [-0.2, -0.15) is 0 Å². The van der Waals surface area contributed by atoms with E-state index in [1.165, 1.54) is 0 Å². The molecule has 5 nitrogen and oxygen atoms in total. The highest BCUT2D eigenvalue weighted by atomic mass is 16.5. The van der Waals surface area contributed by atoms with E-state index in [4.69, 9.17) is 9.47 Å². The molecule has 2 atom stereocenters. The first-order valence-corrected chi connectivity index (χ1v) is 6.59. The molecular formula is C14H20N2O3. The Bertz CT molecular complexity index is 397. The Morgan fingerprint density at radius 1 is 1.58 bits per heavy atom. The van der Waals surface area contributed by atoms with Crippen LogP contribution >= 0.6 is 0 Å². The minimum absolute atomic E-state index is 0.0169. The third kappa shape index (κ3) is 4.29. The largest absolute Gasteiger partial charge is 0.379 e. The van der Waals surface area contributed by atoms with E-state index in [-0.39, 0.29) is 18.1 Å². The van der Waals surface area contributed by atoms with E-state index < -0.39 is 0 Å². The molecule has 0 aromatic carbocycles. The number of aromatic nitrogens is 1. The first-order valence-electron chi connectivity index (χ1n) is 6.59. The van der Waals surface area contributed by atoms with Crippen molar-refractivity contribution < 1.29 is 14.3 Å². The number of ether oxygens (including phenoxy) is 2. The lowest BCUT2D eigenvalue weighted by molar-refractivity contribution is -0.125. The second kappa shape index (κ2) is 7.21. The standard InChI is InChI=1S/C14H20N2O3/c1-18-13-7-9-19-10-12(13)16-14(17)6-5-11-4-2-3-8-15-11/h2-4,8,12-13H,5-7,9-10H2,1H3,(H,16,17)/t12-,13-/m1/s1. The summed E-state index contributed by atoms with van der Waals surface area (Å²) in [7, 11) is 1.67. The van der Waals surface area contributed by atoms with Crippen molar-refractivity contribution in [2.45, 2.75) is 31.4 Å². The number of aryl methyl sites for hydroxylation is 1. The third-order valence-electron chi connectivity index (χ3n) is 3.28. The molecular weight excluding hydrogens is 244 g/mol. The van der Waals surface area contributed by atoms with Gasteiger partial charge in [-0.15, -0.1) is 0 Å². The zero-order valence-electron chi connectivity index (χ0n) is 11.2. The molecule has 1 fully saturated rings. The highest BCUT2D eigenvalue weighted by molar-refractivity contribution is 5.76. The molecule has 1 aromatic heterocycles. The molecule has 0 unspecified atom stereocenters. The molecule has 1 aliphatic heterocycles. The maximum atomic E-state index is 11.9. The van der Waals surface area contributed by atoms with Gasteiger partial charge in [-0.05, 0) is 25.0 Å². The van der Waals surface area contributed by atoms with Crippen molar-refractivity contribution in [1.82, 2.24) is 10.3 Å². The zero-order valence-corrected chi connectivity index (χ0v) is 11.2. The summed E-state index contributed by atoms with van der Waals surface area (Å²) in [4.78, 5) is 16.1. The fraction of sp³-hybridized carbons (Fsp3) is 0.571. The third-order valence-corrected chi connectivity index (χ3v) is 3.28. The van der Waals surface area contributed by atoms with Crippen molar-refractivity contribution in [1.29, 1.82) is 0 Å². The van der Waals surface area contributed by atoms with Gasteiger partial charge in [0.15, 0.2) is 0 Å². The van der Waals surface area contributed by atoms with Gasteiger partial charge in [0.1, 0.15) is 0 Å². The second-order valence-electron chi connectivity index (χ2n) is 4.63. The van der Waals surface area contributed by atoms with Crippen molar-refractivity contribution in [3.63, 3.8) is 0 Å². The quantitative estimate of drug-likeness (QED) is 0.859. The van der Waals surface area contributed by atoms with E-state index in [9.17, 15) is 4.79 Å². The number of rotatable bonds is 5. The number of methoxy groups -OCH3 is 1. The molecule has 1 N–H and O–H groups in total. The smallest absolute Gasteiger partial charge is 0.220 e. The molecule has 0 bridgehead atoms. The average molecular weight is 264 g/mol. The van der Waals surface area contributed by atoms with Gasteiger partial charge in [0, 0.05) is 32.0 Å². The van der Waals surface area contributed by atoms with Gasteiger partial charge in [0.05, 0.1) is 18.8 Å². The number of nitrogens with zero attached hydrogens (tertiary/aromatic N) is 1. The van der Waals surface area contributed by atoms with Crippen LogP contribution in [-0.4, -0.2) is 43.4 Å². The number of carbonyl (C=O) groups excluding carboxylic acids is 1. The number of carbonyl (C=O) groups is 1. The monoisotopic (exact) mass is 264 g/mol. The van der Waals surface area contributed by atoms with Gasteiger partial charge < -0.3 is 14.8 Å². The van der Waals surface area contributed by atoms with Crippen LogP contribution in [0.25, 0.3) is 0 Å². The van der Waals surface area contributed by atoms with Crippen molar-refractivity contribution in [3.05, 3.63) is 30.1 Å². The van der Waals surface area contributed by atoms with Crippen molar-refractivity contribution in [3.8, 4) is 0 Å². The topological polar surface area (TPSA) is 60.5 Å². The van der Waals surface area contributed by atoms with E-state index in [1.54, 1.807) is 13.3 Å². The van der Waals surface area contributed by atoms with E-state index >= 15 is 0 Å². The second-order valence-corrected chi connectivity index (χ2v) is 4.63. The van der Waals surface area contributed by atoms with Crippen LogP contribution < -0.4 is 5.32 Å². The molecule has 0 spiro atoms. The molecule has 2 rings (SSSR count). The Morgan fingerprint density at radius 3 is 3.21 bits per heavy atom. The summed E-state index contributed by atoms with van der Waals surface area (Å²) in [6, 6.07) is 5.67. The minimum Gasteiger partial charge on any atom is -0.379 e. The van der Waals surface area contributed by atoms with Crippen molar-refractivity contribution in [2.24, 2.45) is 0 Å². The van der Waals surface area contributed by atoms with Crippen LogP contribution in [0, 0.1) is 0 Å². The lowest BCUT2D eigenvalue weighted by Gasteiger charge is -2.31. The summed E-state index contributed by atoms with van der Waals surface area (Å²) in [5.74, 6) is 0.0169. The van der Waals surface area contributed by atoms with Gasteiger partial charge >= 0.3 is 0 Å². The molecule has 0 saturated carbocycles. The summed E-state index contributed by atoms with van der Waals surface area (Å²) in [5, 5.41) is 2.97. The molecule has 0 radical (unpaired) electrons. The van der Waals surface area contributed by atoms with Gasteiger partial charge in [-0.1, -0.05) is 6.07 Å². The molecule has 1 aliphatic rings. The fourth-order valence-corrected chi connectivity index (χ4v) is 2.20. The maximum Gasteiger partial charge on any atom is 0.220 e. The SMILES string of the molecule is CO[C@@H]1CCOC[C@H]1NC(=O)CCc1ccccn1. The normalized spacial score (nSPS) is 23.0. The van der Waals surface area contributed by atoms with Crippen LogP contribution in [0.5, 0.6) is 0 Å². The van der Waals surface area contributed by atoms with Gasteiger partial charge in [0.25, 0.3) is 0 Å². The molecule has 0 aliphatic carbocycles. The van der Waals surface area contributed by atoms with E-state index in [2.05, 4.69) is 10.3 Å². The first kappa shape index (κ1) is 14.0. The average Bonchev–Trinajstić information content (AvgIpc) is 2.47. The minimum atomic E-state index is -0.0463. The molecule has 19 heavy (non-hydrogen) atoms. The lowest BCUT2D eigenvalue weighted by atomic mass is 10.1. The number of nitrogens with one attached hydrogen (secondary N) is 1. The Morgan fingerprint density at radius 2 is 2.47 bits per heavy atom. The van der Waals surface area contributed by atoms with Gasteiger partial charge in [-0.25, -0.2) is 0 Å². The van der Waals surface area contributed by atoms with Crippen LogP contribution in [0.4, 0.5) is 0 Å². The van der Waals surface area contributed by atoms with Gasteiger partial charge in [0.2, 0.25) is 5.91 Å². The molecule has 1 amide bonds. The molecule has 5 heteroatoms. The molecule has 1 saturated heterocycles. The lowest BCUT2D eigenvalue weighted by Crippen LogP contribution is -2.50. The maximum absolute atomic E-state index is 11.9. The Labute approximate surface area is 113 Å². The Kier molecular flexibility index (Phi) is 5.30. The molecule has 104 valence electrons. The molecule has 1 aromatic rings. The molecule has 2 heterocycles. The number of amides is 1. The van der Waals surface area contributed by atoms with Crippen molar-refractivity contribution in [2.75, 3.05) is 20.3 Å². The van der Waals surface area contributed by atoms with Crippen LogP contribution in [0.2, 0.25) is 0 Å². The highest BCUT2D eigenvalue weighted by Gasteiger charge is 2.26. The van der Waals surface area contributed by atoms with E-state index in [0.29, 0.717) is 26.1 Å². The van der Waals surface area contributed by atoms with Crippen LogP contribution in [0.3, 0.4) is 0 Å². The van der Waals surface area contributed by atoms with Crippen LogP contribution in [0.1, 0.15) is 18.5 Å². The van der Waals surface area contributed by atoms with Crippen LogP contribution in [0.15, 0.2) is 24.4 Å². The summed E-state index contributed by atoms with van der Waals surface area (Å²) in [6.45, 7) is 1.21. The summed E-state index contributed by atoms with van der Waals surface area (Å²) >= 11 is 0. The fourth-order valence-electron chi connectivity index (χ4n) is 2.20.